The fourth-order valence-corrected chi connectivity index (χ4v) is 3.33. The number of nitrogens with zero attached hydrogens (tertiary/aromatic N) is 1. The standard InChI is InChI=1S/C20H16N2O5S/c1-12-2-8-15(9-3-12)21-17(23)11-22-18(24)16(28-20(22)27)10-13-4-6-14(7-5-13)19(25)26/h2-10H,11H2,1H3,(H,21,23)(H,25,26)/b16-10-. The van der Waals surface area contributed by atoms with Crippen molar-refractivity contribution in [3.05, 3.63) is 70.1 Å². The first kappa shape index (κ1) is 19.4. The van der Waals surface area contributed by atoms with Crippen LogP contribution in [0.2, 0.25) is 0 Å². The number of nitrogens with one attached hydrogen (secondary N) is 1. The molecule has 0 atom stereocenters. The van der Waals surface area contributed by atoms with Crippen molar-refractivity contribution in [1.82, 2.24) is 4.90 Å². The normalized spacial score (nSPS) is 15.2. The van der Waals surface area contributed by atoms with E-state index in [1.54, 1.807) is 24.3 Å². The number of thioether (sulfide) groups is 1. The largest absolute Gasteiger partial charge is 0.478 e. The second-order valence-corrected chi connectivity index (χ2v) is 7.10. The van der Waals surface area contributed by atoms with Gasteiger partial charge in [-0.3, -0.25) is 19.3 Å². The zero-order valence-corrected chi connectivity index (χ0v) is 15.7. The number of carboxylic acid groups (broad SMARTS) is 1. The first-order valence-corrected chi connectivity index (χ1v) is 9.10. The molecule has 1 heterocycles. The molecule has 3 amide bonds. The van der Waals surface area contributed by atoms with Gasteiger partial charge in [-0.2, -0.15) is 0 Å². The van der Waals surface area contributed by atoms with E-state index >= 15 is 0 Å². The van der Waals surface area contributed by atoms with Crippen molar-refractivity contribution in [3.8, 4) is 0 Å². The van der Waals surface area contributed by atoms with Crippen molar-refractivity contribution in [3.63, 3.8) is 0 Å². The van der Waals surface area contributed by atoms with Crippen LogP contribution in [0.25, 0.3) is 6.08 Å². The van der Waals surface area contributed by atoms with Crippen LogP contribution in [0, 0.1) is 6.92 Å². The molecule has 3 rings (SSSR count). The molecule has 0 saturated carbocycles. The molecule has 1 aliphatic heterocycles. The average Bonchev–Trinajstić information content (AvgIpc) is 2.91. The minimum Gasteiger partial charge on any atom is -0.478 e. The van der Waals surface area contributed by atoms with Crippen LogP contribution in [-0.2, 0) is 9.59 Å². The predicted octanol–water partition coefficient (Wildman–Crippen LogP) is 3.37. The van der Waals surface area contributed by atoms with Crippen LogP contribution in [0.1, 0.15) is 21.5 Å². The van der Waals surface area contributed by atoms with Crippen LogP contribution in [0.15, 0.2) is 53.4 Å². The Morgan fingerprint density at radius 3 is 2.32 bits per heavy atom. The summed E-state index contributed by atoms with van der Waals surface area (Å²) in [6, 6.07) is 13.1. The Kier molecular flexibility index (Phi) is 5.60. The highest BCUT2D eigenvalue weighted by molar-refractivity contribution is 8.18. The van der Waals surface area contributed by atoms with Crippen molar-refractivity contribution < 1.29 is 24.3 Å². The highest BCUT2D eigenvalue weighted by atomic mass is 32.2. The van der Waals surface area contributed by atoms with Gasteiger partial charge in [0.15, 0.2) is 0 Å². The molecule has 0 spiro atoms. The smallest absolute Gasteiger partial charge is 0.335 e. The van der Waals surface area contributed by atoms with Gasteiger partial charge in [0, 0.05) is 5.69 Å². The van der Waals surface area contributed by atoms with Crippen LogP contribution in [0.5, 0.6) is 0 Å². The van der Waals surface area contributed by atoms with Crippen LogP contribution in [0.3, 0.4) is 0 Å². The summed E-state index contributed by atoms with van der Waals surface area (Å²) >= 11 is 0.740. The minimum atomic E-state index is -1.05. The summed E-state index contributed by atoms with van der Waals surface area (Å²) in [6.45, 7) is 1.54. The Hall–Kier alpha value is -3.39. The van der Waals surface area contributed by atoms with Gasteiger partial charge in [-0.15, -0.1) is 0 Å². The molecule has 0 aliphatic carbocycles. The summed E-state index contributed by atoms with van der Waals surface area (Å²) in [4.78, 5) is 48.7. The Labute approximate surface area is 165 Å². The van der Waals surface area contributed by atoms with Crippen LogP contribution < -0.4 is 5.32 Å². The predicted molar refractivity (Wildman–Crippen MR) is 106 cm³/mol. The lowest BCUT2D eigenvalue weighted by atomic mass is 10.1. The van der Waals surface area contributed by atoms with Crippen LogP contribution in [0.4, 0.5) is 10.5 Å². The summed E-state index contributed by atoms with van der Waals surface area (Å²) in [6.07, 6.45) is 1.49. The number of hydrogen-bond donors (Lipinski definition) is 2. The van der Waals surface area contributed by atoms with Crippen LogP contribution in [-0.4, -0.2) is 39.6 Å². The van der Waals surface area contributed by atoms with E-state index in [2.05, 4.69) is 5.32 Å². The molecule has 2 aromatic carbocycles. The molecule has 0 aromatic heterocycles. The molecule has 0 unspecified atom stereocenters. The van der Waals surface area contributed by atoms with Crippen molar-refractivity contribution in [2.45, 2.75) is 6.92 Å². The number of hydrogen-bond acceptors (Lipinski definition) is 5. The third-order valence-corrected chi connectivity index (χ3v) is 4.87. The van der Waals surface area contributed by atoms with E-state index < -0.39 is 23.0 Å². The maximum absolute atomic E-state index is 12.5. The van der Waals surface area contributed by atoms with Gasteiger partial charge >= 0.3 is 5.97 Å². The monoisotopic (exact) mass is 396 g/mol. The highest BCUT2D eigenvalue weighted by Gasteiger charge is 2.36. The lowest BCUT2D eigenvalue weighted by Crippen LogP contribution is -2.36. The van der Waals surface area contributed by atoms with Gasteiger partial charge in [-0.25, -0.2) is 4.79 Å². The van der Waals surface area contributed by atoms with Crippen molar-refractivity contribution in [2.24, 2.45) is 0 Å². The SMILES string of the molecule is Cc1ccc(NC(=O)CN2C(=O)S/C(=C\c3ccc(C(=O)O)cc3)C2=O)cc1. The molecule has 1 fully saturated rings. The summed E-state index contributed by atoms with van der Waals surface area (Å²) in [7, 11) is 0. The second-order valence-electron chi connectivity index (χ2n) is 6.11. The third kappa shape index (κ3) is 4.47. The Morgan fingerprint density at radius 2 is 1.71 bits per heavy atom. The fraction of sp³-hybridized carbons (Fsp3) is 0.100. The van der Waals surface area contributed by atoms with Gasteiger partial charge in [0.05, 0.1) is 10.5 Å². The Bertz CT molecular complexity index is 981. The number of amides is 3. The molecule has 142 valence electrons. The number of benzene rings is 2. The lowest BCUT2D eigenvalue weighted by molar-refractivity contribution is -0.127. The number of carbonyl (C=O) groups excluding carboxylic acids is 3. The summed E-state index contributed by atoms with van der Waals surface area (Å²) in [5, 5.41) is 11.0. The minimum absolute atomic E-state index is 0.123. The second kappa shape index (κ2) is 8.10. The zero-order chi connectivity index (χ0) is 20.3. The Balaban J connectivity index is 1.68. The lowest BCUT2D eigenvalue weighted by Gasteiger charge is -2.12. The molecule has 0 radical (unpaired) electrons. The molecule has 2 aromatic rings. The maximum atomic E-state index is 12.5. The molecule has 7 nitrogen and oxygen atoms in total. The summed E-state index contributed by atoms with van der Waals surface area (Å²) < 4.78 is 0. The molecule has 2 N–H and O–H groups in total. The number of aromatic carboxylic acids is 1. The maximum Gasteiger partial charge on any atom is 0.335 e. The first-order valence-electron chi connectivity index (χ1n) is 8.29. The first-order chi connectivity index (χ1) is 13.3. The van der Waals surface area contributed by atoms with Crippen LogP contribution >= 0.6 is 11.8 Å². The summed E-state index contributed by atoms with van der Waals surface area (Å²) in [5.74, 6) is -2.08. The number of carboxylic acids is 1. The molecule has 1 saturated heterocycles. The quantitative estimate of drug-likeness (QED) is 0.751. The van der Waals surface area contributed by atoms with Gasteiger partial charge in [0.25, 0.3) is 11.1 Å². The van der Waals surface area contributed by atoms with E-state index in [9.17, 15) is 19.2 Å². The van der Waals surface area contributed by atoms with E-state index in [1.807, 2.05) is 19.1 Å². The topological polar surface area (TPSA) is 104 Å². The molecule has 1 aliphatic rings. The molecule has 8 heteroatoms. The van der Waals surface area contributed by atoms with E-state index in [-0.39, 0.29) is 17.0 Å². The Morgan fingerprint density at radius 1 is 1.07 bits per heavy atom. The van der Waals surface area contributed by atoms with Gasteiger partial charge in [0.2, 0.25) is 5.91 Å². The molecular formula is C20H16N2O5S. The van der Waals surface area contributed by atoms with E-state index in [1.165, 1.54) is 18.2 Å². The van der Waals surface area contributed by atoms with Crippen molar-refractivity contribution >= 4 is 46.5 Å². The molecular weight excluding hydrogens is 380 g/mol. The number of imide groups is 1. The number of rotatable bonds is 5. The van der Waals surface area contributed by atoms with Gasteiger partial charge < -0.3 is 10.4 Å². The average molecular weight is 396 g/mol. The highest BCUT2D eigenvalue weighted by Crippen LogP contribution is 2.32. The van der Waals surface area contributed by atoms with Crippen molar-refractivity contribution in [2.75, 3.05) is 11.9 Å². The van der Waals surface area contributed by atoms with E-state index in [0.29, 0.717) is 11.3 Å². The third-order valence-electron chi connectivity index (χ3n) is 3.97. The van der Waals surface area contributed by atoms with Gasteiger partial charge in [0.1, 0.15) is 6.54 Å². The van der Waals surface area contributed by atoms with Gasteiger partial charge in [-0.05, 0) is 54.6 Å². The van der Waals surface area contributed by atoms with E-state index in [4.69, 9.17) is 5.11 Å². The van der Waals surface area contributed by atoms with Gasteiger partial charge in [-0.1, -0.05) is 29.8 Å². The van der Waals surface area contributed by atoms with E-state index in [0.717, 1.165) is 22.2 Å². The summed E-state index contributed by atoms with van der Waals surface area (Å²) in [5.41, 5.74) is 2.33. The fourth-order valence-electron chi connectivity index (χ4n) is 2.49. The number of anilines is 1. The molecule has 28 heavy (non-hydrogen) atoms. The van der Waals surface area contributed by atoms with Crippen molar-refractivity contribution in [1.29, 1.82) is 0 Å². The zero-order valence-electron chi connectivity index (χ0n) is 14.8. The molecule has 0 bridgehead atoms. The number of carbonyl (C=O) groups is 4. The number of aryl methyl sites for hydroxylation is 1.